The Balaban J connectivity index is 1.74. The van der Waals surface area contributed by atoms with E-state index in [1.165, 1.54) is 0 Å². The molecule has 0 aliphatic heterocycles. The van der Waals surface area contributed by atoms with Crippen LogP contribution in [0.5, 0.6) is 0 Å². The topological polar surface area (TPSA) is 78.4 Å². The van der Waals surface area contributed by atoms with E-state index in [2.05, 4.69) is 10.6 Å². The highest BCUT2D eigenvalue weighted by Crippen LogP contribution is 2.29. The zero-order chi connectivity index (χ0) is 15.1. The first-order chi connectivity index (χ1) is 10.2. The predicted molar refractivity (Wildman–Crippen MR) is 79.8 cm³/mol. The number of aliphatic carboxylic acids is 1. The van der Waals surface area contributed by atoms with Gasteiger partial charge in [-0.3, -0.25) is 4.79 Å². The molecule has 5 heteroatoms. The Labute approximate surface area is 124 Å². The van der Waals surface area contributed by atoms with Crippen LogP contribution in [0, 0.1) is 11.8 Å². The second-order valence-electron chi connectivity index (χ2n) is 5.54. The lowest BCUT2D eigenvalue weighted by atomic mass is 9.79. The van der Waals surface area contributed by atoms with Gasteiger partial charge < -0.3 is 15.7 Å². The van der Waals surface area contributed by atoms with Gasteiger partial charge in [-0.25, -0.2) is 4.79 Å². The summed E-state index contributed by atoms with van der Waals surface area (Å²) in [7, 11) is 0. The third-order valence-electron chi connectivity index (χ3n) is 4.05. The van der Waals surface area contributed by atoms with E-state index in [0.717, 1.165) is 24.8 Å². The number of carboxylic acids is 1. The van der Waals surface area contributed by atoms with Crippen molar-refractivity contribution in [2.45, 2.75) is 32.2 Å². The molecule has 1 aromatic rings. The van der Waals surface area contributed by atoms with Gasteiger partial charge in [0.15, 0.2) is 0 Å². The fourth-order valence-electron chi connectivity index (χ4n) is 2.84. The van der Waals surface area contributed by atoms with Crippen LogP contribution in [0.15, 0.2) is 30.3 Å². The Morgan fingerprint density at radius 2 is 1.81 bits per heavy atom. The number of carboxylic acid groups (broad SMARTS) is 1. The highest BCUT2D eigenvalue weighted by molar-refractivity contribution is 5.74. The van der Waals surface area contributed by atoms with Crippen LogP contribution in [0.25, 0.3) is 0 Å². The van der Waals surface area contributed by atoms with Crippen LogP contribution in [0.4, 0.5) is 4.79 Å². The van der Waals surface area contributed by atoms with Gasteiger partial charge in [-0.05, 0) is 24.3 Å². The molecule has 1 saturated carbocycles. The molecule has 2 amide bonds. The van der Waals surface area contributed by atoms with Crippen LogP contribution in [0.3, 0.4) is 0 Å². The molecule has 21 heavy (non-hydrogen) atoms. The number of carbonyl (C=O) groups excluding carboxylic acids is 1. The van der Waals surface area contributed by atoms with Gasteiger partial charge in [-0.1, -0.05) is 43.2 Å². The molecule has 1 aliphatic rings. The third-order valence-corrected chi connectivity index (χ3v) is 4.05. The lowest BCUT2D eigenvalue weighted by Gasteiger charge is -2.28. The van der Waals surface area contributed by atoms with Crippen molar-refractivity contribution in [3.63, 3.8) is 0 Å². The second-order valence-corrected chi connectivity index (χ2v) is 5.54. The minimum absolute atomic E-state index is 0.0405. The molecular formula is C16H22N2O3. The van der Waals surface area contributed by atoms with Crippen LogP contribution in [0.2, 0.25) is 0 Å². The molecule has 2 unspecified atom stereocenters. The average Bonchev–Trinajstić information content (AvgIpc) is 2.52. The van der Waals surface area contributed by atoms with Crippen molar-refractivity contribution in [1.29, 1.82) is 0 Å². The minimum atomic E-state index is -0.744. The molecule has 5 nitrogen and oxygen atoms in total. The third kappa shape index (κ3) is 4.77. The minimum Gasteiger partial charge on any atom is -0.481 e. The summed E-state index contributed by atoms with van der Waals surface area (Å²) in [6.07, 6.45) is 3.60. The van der Waals surface area contributed by atoms with E-state index < -0.39 is 5.97 Å². The van der Waals surface area contributed by atoms with Gasteiger partial charge in [0.2, 0.25) is 0 Å². The molecule has 0 aromatic heterocycles. The van der Waals surface area contributed by atoms with Crippen molar-refractivity contribution in [3.8, 4) is 0 Å². The monoisotopic (exact) mass is 290 g/mol. The van der Waals surface area contributed by atoms with Gasteiger partial charge in [0, 0.05) is 13.1 Å². The number of hydrogen-bond acceptors (Lipinski definition) is 2. The molecule has 114 valence electrons. The smallest absolute Gasteiger partial charge is 0.315 e. The molecule has 1 aromatic carbocycles. The highest BCUT2D eigenvalue weighted by atomic mass is 16.4. The molecule has 3 N–H and O–H groups in total. The van der Waals surface area contributed by atoms with Crippen LogP contribution in [-0.4, -0.2) is 23.7 Å². The van der Waals surface area contributed by atoms with Crippen molar-refractivity contribution in [3.05, 3.63) is 35.9 Å². The van der Waals surface area contributed by atoms with Crippen molar-refractivity contribution in [1.82, 2.24) is 10.6 Å². The van der Waals surface area contributed by atoms with Gasteiger partial charge >= 0.3 is 12.0 Å². The number of hydrogen-bond donors (Lipinski definition) is 3. The average molecular weight is 290 g/mol. The molecule has 2 rings (SSSR count). The zero-order valence-corrected chi connectivity index (χ0v) is 12.0. The van der Waals surface area contributed by atoms with E-state index in [9.17, 15) is 14.7 Å². The van der Waals surface area contributed by atoms with E-state index in [1.807, 2.05) is 30.3 Å². The van der Waals surface area contributed by atoms with E-state index >= 15 is 0 Å². The van der Waals surface area contributed by atoms with Gasteiger partial charge in [0.1, 0.15) is 0 Å². The van der Waals surface area contributed by atoms with Crippen LogP contribution < -0.4 is 10.6 Å². The maximum atomic E-state index is 11.8. The molecule has 1 fully saturated rings. The largest absolute Gasteiger partial charge is 0.481 e. The summed E-state index contributed by atoms with van der Waals surface area (Å²) in [6, 6.07) is 9.43. The van der Waals surface area contributed by atoms with E-state index in [0.29, 0.717) is 19.5 Å². The van der Waals surface area contributed by atoms with E-state index in [4.69, 9.17) is 0 Å². The first-order valence-corrected chi connectivity index (χ1v) is 7.45. The summed E-state index contributed by atoms with van der Waals surface area (Å²) in [4.78, 5) is 23.0. The molecule has 1 aliphatic carbocycles. The first kappa shape index (κ1) is 15.4. The quantitative estimate of drug-likeness (QED) is 0.779. The Morgan fingerprint density at radius 1 is 1.10 bits per heavy atom. The maximum absolute atomic E-state index is 11.8. The Kier molecular flexibility index (Phi) is 5.60. The number of amides is 2. The van der Waals surface area contributed by atoms with Crippen molar-refractivity contribution < 1.29 is 14.7 Å². The molecule has 2 atom stereocenters. The lowest BCUT2D eigenvalue weighted by Crippen LogP contribution is -2.41. The number of nitrogens with one attached hydrogen (secondary N) is 2. The molecule has 0 bridgehead atoms. The summed E-state index contributed by atoms with van der Waals surface area (Å²) in [5.41, 5.74) is 1.04. The molecule has 0 spiro atoms. The van der Waals surface area contributed by atoms with E-state index in [1.54, 1.807) is 0 Å². The molecular weight excluding hydrogens is 268 g/mol. The fraction of sp³-hybridized carbons (Fsp3) is 0.500. The van der Waals surface area contributed by atoms with Crippen molar-refractivity contribution in [2.24, 2.45) is 11.8 Å². The summed E-state index contributed by atoms with van der Waals surface area (Å²) >= 11 is 0. The maximum Gasteiger partial charge on any atom is 0.315 e. The summed E-state index contributed by atoms with van der Waals surface area (Å²) in [5.74, 6) is -1.03. The normalized spacial score (nSPS) is 21.5. The number of benzene rings is 1. The van der Waals surface area contributed by atoms with Gasteiger partial charge in [0.05, 0.1) is 5.92 Å². The number of carbonyl (C=O) groups is 2. The van der Waals surface area contributed by atoms with Crippen molar-refractivity contribution >= 4 is 12.0 Å². The van der Waals surface area contributed by atoms with Gasteiger partial charge in [0.25, 0.3) is 0 Å². The highest BCUT2D eigenvalue weighted by Gasteiger charge is 2.30. The Hall–Kier alpha value is -2.04. The number of rotatable bonds is 5. The lowest BCUT2D eigenvalue weighted by molar-refractivity contribution is -0.144. The molecule has 0 saturated heterocycles. The molecule has 0 heterocycles. The summed E-state index contributed by atoms with van der Waals surface area (Å²) in [6.45, 7) is 0.900. The van der Waals surface area contributed by atoms with Gasteiger partial charge in [-0.2, -0.15) is 0 Å². The van der Waals surface area contributed by atoms with E-state index in [-0.39, 0.29) is 17.9 Å². The Bertz CT molecular complexity index is 476. The first-order valence-electron chi connectivity index (χ1n) is 7.45. The number of urea groups is 1. The summed E-state index contributed by atoms with van der Waals surface area (Å²) < 4.78 is 0. The molecule has 0 radical (unpaired) electrons. The zero-order valence-electron chi connectivity index (χ0n) is 12.0. The summed E-state index contributed by atoms with van der Waals surface area (Å²) in [5, 5.41) is 14.8. The Morgan fingerprint density at radius 3 is 2.52 bits per heavy atom. The van der Waals surface area contributed by atoms with Crippen molar-refractivity contribution in [2.75, 3.05) is 6.54 Å². The standard InChI is InChI=1S/C16H22N2O3/c19-15(20)14-9-5-4-8-13(14)11-18-16(21)17-10-12-6-2-1-3-7-12/h1-3,6-7,13-14H,4-5,8-11H2,(H,19,20)(H2,17,18,21). The van der Waals surface area contributed by atoms with Crippen LogP contribution >= 0.6 is 0 Å². The second kappa shape index (κ2) is 7.67. The van der Waals surface area contributed by atoms with Crippen LogP contribution in [-0.2, 0) is 11.3 Å². The SMILES string of the molecule is O=C(NCc1ccccc1)NCC1CCCCC1C(=O)O. The van der Waals surface area contributed by atoms with Crippen LogP contribution in [0.1, 0.15) is 31.2 Å². The predicted octanol–water partition coefficient (Wildman–Crippen LogP) is 2.38. The fourth-order valence-corrected chi connectivity index (χ4v) is 2.84. The van der Waals surface area contributed by atoms with Gasteiger partial charge in [-0.15, -0.1) is 0 Å².